The van der Waals surface area contributed by atoms with Crippen molar-refractivity contribution in [1.82, 2.24) is 25.9 Å². The highest BCUT2D eigenvalue weighted by Crippen LogP contribution is 2.10. The summed E-state index contributed by atoms with van der Waals surface area (Å²) in [5.41, 5.74) is 6.51. The Balaban J connectivity index is 3.02. The predicted octanol–water partition coefficient (Wildman–Crippen LogP) is -1.39. The third kappa shape index (κ3) is 9.40. The van der Waals surface area contributed by atoms with Crippen LogP contribution in [0.4, 0.5) is 0 Å². The summed E-state index contributed by atoms with van der Waals surface area (Å²) in [5, 5.41) is 25.8. The van der Waals surface area contributed by atoms with Gasteiger partial charge in [-0.25, -0.2) is 9.78 Å². The van der Waals surface area contributed by atoms with Crippen LogP contribution in [0.2, 0.25) is 0 Å². The van der Waals surface area contributed by atoms with Crippen molar-refractivity contribution in [3.8, 4) is 0 Å². The molecule has 186 valence electrons. The molecular weight excluding hydrogens is 452 g/mol. The number of carboxylic acids is 1. The van der Waals surface area contributed by atoms with E-state index in [4.69, 9.17) is 10.8 Å². The Labute approximate surface area is 196 Å². The van der Waals surface area contributed by atoms with Gasteiger partial charge in [-0.2, -0.15) is 11.8 Å². The molecule has 1 aromatic rings. The van der Waals surface area contributed by atoms with E-state index in [0.717, 1.165) is 0 Å². The van der Waals surface area contributed by atoms with Crippen LogP contribution in [0.3, 0.4) is 0 Å². The van der Waals surface area contributed by atoms with Crippen molar-refractivity contribution in [2.45, 2.75) is 57.3 Å². The molecule has 1 rings (SSSR count). The van der Waals surface area contributed by atoms with Crippen molar-refractivity contribution in [2.75, 3.05) is 18.6 Å². The number of aromatic nitrogens is 2. The summed E-state index contributed by atoms with van der Waals surface area (Å²) in [7, 11) is 0. The Kier molecular flexibility index (Phi) is 12.5. The van der Waals surface area contributed by atoms with Crippen LogP contribution >= 0.6 is 11.8 Å². The number of nitrogens with two attached hydrogens (primary N) is 1. The molecule has 0 radical (unpaired) electrons. The number of carbonyl (C=O) groups is 4. The Morgan fingerprint density at radius 1 is 1.15 bits per heavy atom. The number of carbonyl (C=O) groups excluding carboxylic acids is 3. The summed E-state index contributed by atoms with van der Waals surface area (Å²) in [6.07, 6.45) is 5.86. The first-order valence-electron chi connectivity index (χ1n) is 10.6. The Bertz CT molecular complexity index is 777. The molecule has 0 aromatic carbocycles. The van der Waals surface area contributed by atoms with Crippen LogP contribution in [0.25, 0.3) is 0 Å². The lowest BCUT2D eigenvalue weighted by Crippen LogP contribution is -2.59. The zero-order valence-corrected chi connectivity index (χ0v) is 19.9. The van der Waals surface area contributed by atoms with E-state index in [0.29, 0.717) is 24.3 Å². The highest BCUT2D eigenvalue weighted by molar-refractivity contribution is 7.98. The van der Waals surface area contributed by atoms with Gasteiger partial charge in [0.05, 0.1) is 19.0 Å². The molecule has 5 unspecified atom stereocenters. The second kappa shape index (κ2) is 14.5. The first-order chi connectivity index (χ1) is 15.6. The van der Waals surface area contributed by atoms with Gasteiger partial charge in [0, 0.05) is 18.3 Å². The van der Waals surface area contributed by atoms with Crippen LogP contribution in [-0.4, -0.2) is 86.7 Å². The van der Waals surface area contributed by atoms with E-state index in [1.807, 2.05) is 13.2 Å². The van der Waals surface area contributed by atoms with Gasteiger partial charge in [-0.3, -0.25) is 14.4 Å². The summed E-state index contributed by atoms with van der Waals surface area (Å²) in [4.78, 5) is 56.3. The van der Waals surface area contributed by atoms with Crippen molar-refractivity contribution in [2.24, 2.45) is 11.7 Å². The number of amides is 3. The molecule has 0 spiro atoms. The van der Waals surface area contributed by atoms with Gasteiger partial charge in [0.15, 0.2) is 0 Å². The standard InChI is InChI=1S/C20H34N6O6S/c1-4-11(2)16(19(30)25-15(9-27)20(31)32)26-18(29)14(7-12-8-22-10-23-12)24-17(28)13(21)5-6-33-3/h8,10-11,13-16,27H,4-7,9,21H2,1-3H3,(H,22,23)(H,24,28)(H,25,30)(H,26,29)(H,31,32). The molecule has 0 fully saturated rings. The van der Waals surface area contributed by atoms with E-state index >= 15 is 0 Å². The van der Waals surface area contributed by atoms with Gasteiger partial charge in [0.2, 0.25) is 17.7 Å². The number of aliphatic hydroxyl groups is 1. The smallest absolute Gasteiger partial charge is 0.328 e. The number of thioether (sulfide) groups is 1. The summed E-state index contributed by atoms with van der Waals surface area (Å²) >= 11 is 1.55. The molecule has 5 atom stereocenters. The van der Waals surface area contributed by atoms with Crippen molar-refractivity contribution in [3.63, 3.8) is 0 Å². The van der Waals surface area contributed by atoms with Gasteiger partial charge in [-0.05, 0) is 24.3 Å². The highest BCUT2D eigenvalue weighted by Gasteiger charge is 2.32. The maximum absolute atomic E-state index is 13.1. The number of nitrogens with one attached hydrogen (secondary N) is 4. The number of aliphatic carboxylic acids is 1. The summed E-state index contributed by atoms with van der Waals surface area (Å²) in [6, 6.07) is -4.44. The van der Waals surface area contributed by atoms with Crippen LogP contribution in [0, 0.1) is 5.92 Å². The number of hydrogen-bond acceptors (Lipinski definition) is 8. The topological polar surface area (TPSA) is 200 Å². The van der Waals surface area contributed by atoms with Gasteiger partial charge in [-0.1, -0.05) is 20.3 Å². The fourth-order valence-corrected chi connectivity index (χ4v) is 3.37. The molecule has 33 heavy (non-hydrogen) atoms. The summed E-state index contributed by atoms with van der Waals surface area (Å²) < 4.78 is 0. The number of nitrogens with zero attached hydrogens (tertiary/aromatic N) is 1. The van der Waals surface area contributed by atoms with Gasteiger partial charge in [0.1, 0.15) is 18.1 Å². The molecule has 12 nitrogen and oxygen atoms in total. The molecule has 0 saturated carbocycles. The van der Waals surface area contributed by atoms with Gasteiger partial charge in [-0.15, -0.1) is 0 Å². The largest absolute Gasteiger partial charge is 0.480 e. The molecule has 1 aromatic heterocycles. The zero-order valence-electron chi connectivity index (χ0n) is 19.0. The Morgan fingerprint density at radius 3 is 2.33 bits per heavy atom. The van der Waals surface area contributed by atoms with Crippen LogP contribution in [0.15, 0.2) is 12.5 Å². The predicted molar refractivity (Wildman–Crippen MR) is 123 cm³/mol. The number of hydrogen-bond donors (Lipinski definition) is 7. The highest BCUT2D eigenvalue weighted by atomic mass is 32.2. The first kappa shape index (κ1) is 28.4. The Hall–Kier alpha value is -2.64. The lowest BCUT2D eigenvalue weighted by atomic mass is 9.97. The van der Waals surface area contributed by atoms with Gasteiger partial charge >= 0.3 is 5.97 Å². The summed E-state index contributed by atoms with van der Waals surface area (Å²) in [5.74, 6) is -2.95. The molecule has 0 bridgehead atoms. The molecule has 0 aliphatic rings. The van der Waals surface area contributed by atoms with E-state index in [2.05, 4.69) is 25.9 Å². The minimum atomic E-state index is -1.50. The summed E-state index contributed by atoms with van der Waals surface area (Å²) in [6.45, 7) is 2.74. The van der Waals surface area contributed by atoms with Crippen molar-refractivity contribution in [3.05, 3.63) is 18.2 Å². The van der Waals surface area contributed by atoms with Crippen molar-refractivity contribution in [1.29, 1.82) is 0 Å². The number of rotatable bonds is 15. The van der Waals surface area contributed by atoms with Crippen LogP contribution in [0.1, 0.15) is 32.4 Å². The number of imidazole rings is 1. The zero-order chi connectivity index (χ0) is 25.0. The van der Waals surface area contributed by atoms with Crippen LogP contribution in [0.5, 0.6) is 0 Å². The monoisotopic (exact) mass is 486 g/mol. The second-order valence-corrected chi connectivity index (χ2v) is 8.67. The van der Waals surface area contributed by atoms with E-state index < -0.39 is 54.5 Å². The lowest BCUT2D eigenvalue weighted by Gasteiger charge is -2.27. The number of aliphatic hydroxyl groups excluding tert-OH is 1. The average molecular weight is 487 g/mol. The quantitative estimate of drug-likeness (QED) is 0.156. The number of aromatic amines is 1. The number of carboxylic acid groups (broad SMARTS) is 1. The van der Waals surface area contributed by atoms with Crippen LogP contribution < -0.4 is 21.7 Å². The minimum Gasteiger partial charge on any atom is -0.480 e. The fraction of sp³-hybridized carbons (Fsp3) is 0.650. The lowest BCUT2D eigenvalue weighted by molar-refractivity contribution is -0.143. The van der Waals surface area contributed by atoms with Crippen molar-refractivity contribution < 1.29 is 29.4 Å². The maximum Gasteiger partial charge on any atom is 0.328 e. The molecule has 3 amide bonds. The van der Waals surface area contributed by atoms with Gasteiger partial charge < -0.3 is 36.9 Å². The molecular formula is C20H34N6O6S. The molecule has 0 aliphatic carbocycles. The molecule has 8 N–H and O–H groups in total. The van der Waals surface area contributed by atoms with E-state index in [-0.39, 0.29) is 12.3 Å². The molecule has 0 aliphatic heterocycles. The second-order valence-electron chi connectivity index (χ2n) is 7.68. The van der Waals surface area contributed by atoms with E-state index in [1.165, 1.54) is 12.5 Å². The van der Waals surface area contributed by atoms with Crippen molar-refractivity contribution >= 4 is 35.5 Å². The SMILES string of the molecule is CCC(C)C(NC(=O)C(Cc1cnc[nH]1)NC(=O)C(N)CCSC)C(=O)NC(CO)C(=O)O. The molecule has 13 heteroatoms. The van der Waals surface area contributed by atoms with Gasteiger partial charge in [0.25, 0.3) is 0 Å². The van der Waals surface area contributed by atoms with E-state index in [1.54, 1.807) is 18.7 Å². The maximum atomic E-state index is 13.1. The average Bonchev–Trinajstić information content (AvgIpc) is 3.30. The third-order valence-corrected chi connectivity index (χ3v) is 5.82. The fourth-order valence-electron chi connectivity index (χ4n) is 2.88. The normalized spacial score (nSPS) is 15.5. The molecule has 0 saturated heterocycles. The minimum absolute atomic E-state index is 0.0794. The van der Waals surface area contributed by atoms with E-state index in [9.17, 15) is 24.3 Å². The third-order valence-electron chi connectivity index (χ3n) is 5.17. The molecule has 1 heterocycles. The number of H-pyrrole nitrogens is 1. The first-order valence-corrected chi connectivity index (χ1v) is 12.0. The van der Waals surface area contributed by atoms with Crippen LogP contribution in [-0.2, 0) is 25.6 Å². The Morgan fingerprint density at radius 2 is 1.82 bits per heavy atom.